The van der Waals surface area contributed by atoms with Gasteiger partial charge in [0, 0.05) is 6.54 Å². The summed E-state index contributed by atoms with van der Waals surface area (Å²) in [6, 6.07) is 13.9. The van der Waals surface area contributed by atoms with Gasteiger partial charge in [-0.05, 0) is 37.1 Å². The number of rotatable bonds is 3. The molecular weight excluding hydrogens is 300 g/mol. The molecule has 1 heterocycles. The number of hydrogen-bond acceptors (Lipinski definition) is 2. The zero-order chi connectivity index (χ0) is 17.3. The van der Waals surface area contributed by atoms with Crippen molar-refractivity contribution in [3.63, 3.8) is 0 Å². The van der Waals surface area contributed by atoms with E-state index in [-0.39, 0.29) is 11.8 Å². The maximum Gasteiger partial charge on any atom is 0.231 e. The van der Waals surface area contributed by atoms with Crippen LogP contribution in [0.3, 0.4) is 0 Å². The Kier molecular flexibility index (Phi) is 4.38. The van der Waals surface area contributed by atoms with Gasteiger partial charge in [-0.25, -0.2) is 0 Å². The summed E-state index contributed by atoms with van der Waals surface area (Å²) in [7, 11) is 0. The molecule has 2 aromatic rings. The van der Waals surface area contributed by atoms with Gasteiger partial charge < -0.3 is 9.80 Å². The van der Waals surface area contributed by atoms with E-state index in [0.29, 0.717) is 13.1 Å². The maximum atomic E-state index is 13.0. The molecule has 0 bridgehead atoms. The van der Waals surface area contributed by atoms with Crippen LogP contribution in [0.1, 0.15) is 23.6 Å². The van der Waals surface area contributed by atoms with Crippen molar-refractivity contribution in [2.45, 2.75) is 27.3 Å². The highest BCUT2D eigenvalue weighted by molar-refractivity contribution is 6.02. The number of carbonyl (C=O) groups is 2. The molecule has 1 aliphatic rings. The minimum atomic E-state index is -0.243. The smallest absolute Gasteiger partial charge is 0.231 e. The van der Waals surface area contributed by atoms with Gasteiger partial charge in [0.2, 0.25) is 12.3 Å². The molecule has 0 spiro atoms. The Morgan fingerprint density at radius 2 is 1.83 bits per heavy atom. The number of anilines is 2. The lowest BCUT2D eigenvalue weighted by Crippen LogP contribution is -2.36. The van der Waals surface area contributed by atoms with Gasteiger partial charge in [0.1, 0.15) is 0 Å². The SMILES string of the molecule is Cc1ccc(C)c(CN2C(=O)C(C)CN(C=O)c3ccccc32)c1. The number of nitrogens with zero attached hydrogens (tertiary/aromatic N) is 2. The Morgan fingerprint density at radius 3 is 2.54 bits per heavy atom. The molecule has 3 rings (SSSR count). The van der Waals surface area contributed by atoms with E-state index in [1.807, 2.05) is 36.1 Å². The Bertz CT molecular complexity index is 785. The highest BCUT2D eigenvalue weighted by Gasteiger charge is 2.31. The number of aryl methyl sites for hydroxylation is 2. The van der Waals surface area contributed by atoms with Crippen LogP contribution < -0.4 is 9.80 Å². The summed E-state index contributed by atoms with van der Waals surface area (Å²) in [5.41, 5.74) is 5.05. The van der Waals surface area contributed by atoms with Crippen molar-refractivity contribution in [1.82, 2.24) is 0 Å². The number of fused-ring (bicyclic) bond motifs is 1. The van der Waals surface area contributed by atoms with Crippen molar-refractivity contribution in [3.8, 4) is 0 Å². The second-order valence-corrected chi connectivity index (χ2v) is 6.50. The van der Waals surface area contributed by atoms with Crippen molar-refractivity contribution < 1.29 is 9.59 Å². The highest BCUT2D eigenvalue weighted by Crippen LogP contribution is 2.34. The maximum absolute atomic E-state index is 13.0. The molecule has 0 aliphatic carbocycles. The van der Waals surface area contributed by atoms with Crippen LogP contribution in [0.5, 0.6) is 0 Å². The fourth-order valence-electron chi connectivity index (χ4n) is 3.20. The molecule has 124 valence electrons. The summed E-state index contributed by atoms with van der Waals surface area (Å²) in [6.45, 7) is 6.91. The molecule has 1 atom stereocenters. The first kappa shape index (κ1) is 16.2. The van der Waals surface area contributed by atoms with Gasteiger partial charge in [0.15, 0.2) is 0 Å². The van der Waals surface area contributed by atoms with E-state index in [4.69, 9.17) is 0 Å². The van der Waals surface area contributed by atoms with E-state index in [2.05, 4.69) is 32.0 Å². The summed E-state index contributed by atoms with van der Waals surface area (Å²) < 4.78 is 0. The molecule has 4 nitrogen and oxygen atoms in total. The van der Waals surface area contributed by atoms with Crippen LogP contribution in [0.2, 0.25) is 0 Å². The second-order valence-electron chi connectivity index (χ2n) is 6.50. The second kappa shape index (κ2) is 6.48. The van der Waals surface area contributed by atoms with Crippen LogP contribution in [0.4, 0.5) is 11.4 Å². The van der Waals surface area contributed by atoms with E-state index in [9.17, 15) is 9.59 Å². The Labute approximate surface area is 142 Å². The zero-order valence-electron chi connectivity index (χ0n) is 14.3. The number of amides is 2. The summed E-state index contributed by atoms with van der Waals surface area (Å²) in [4.78, 5) is 27.9. The average molecular weight is 322 g/mol. The van der Waals surface area contributed by atoms with Crippen molar-refractivity contribution in [2.75, 3.05) is 16.3 Å². The molecule has 2 aromatic carbocycles. The third-order valence-electron chi connectivity index (χ3n) is 4.60. The standard InChI is InChI=1S/C20H22N2O2/c1-14-8-9-15(2)17(10-14)12-22-19-7-5-4-6-18(19)21(13-23)11-16(3)20(22)24/h4-10,13,16H,11-12H2,1-3H3. The molecule has 0 saturated carbocycles. The highest BCUT2D eigenvalue weighted by atomic mass is 16.2. The van der Waals surface area contributed by atoms with Crippen LogP contribution >= 0.6 is 0 Å². The van der Waals surface area contributed by atoms with Gasteiger partial charge in [-0.15, -0.1) is 0 Å². The predicted molar refractivity (Wildman–Crippen MR) is 96.1 cm³/mol. The van der Waals surface area contributed by atoms with Crippen LogP contribution in [-0.4, -0.2) is 18.9 Å². The Balaban J connectivity index is 2.08. The zero-order valence-corrected chi connectivity index (χ0v) is 14.3. The lowest BCUT2D eigenvalue weighted by atomic mass is 10.0. The van der Waals surface area contributed by atoms with Crippen molar-refractivity contribution in [3.05, 3.63) is 59.2 Å². The Morgan fingerprint density at radius 1 is 1.12 bits per heavy atom. The minimum Gasteiger partial charge on any atom is -0.312 e. The van der Waals surface area contributed by atoms with E-state index in [0.717, 1.165) is 28.9 Å². The topological polar surface area (TPSA) is 40.6 Å². The number of hydrogen-bond donors (Lipinski definition) is 0. The van der Waals surface area contributed by atoms with Crippen LogP contribution in [0.15, 0.2) is 42.5 Å². The first-order chi connectivity index (χ1) is 11.5. The van der Waals surface area contributed by atoms with Gasteiger partial charge in [0.25, 0.3) is 0 Å². The normalized spacial score (nSPS) is 17.5. The number of carbonyl (C=O) groups excluding carboxylic acids is 2. The predicted octanol–water partition coefficient (Wildman–Crippen LogP) is 3.45. The average Bonchev–Trinajstić information content (AvgIpc) is 2.68. The van der Waals surface area contributed by atoms with Gasteiger partial charge in [0.05, 0.1) is 23.8 Å². The monoisotopic (exact) mass is 322 g/mol. The molecule has 1 unspecified atom stereocenters. The van der Waals surface area contributed by atoms with E-state index < -0.39 is 0 Å². The first-order valence-corrected chi connectivity index (χ1v) is 8.19. The summed E-state index contributed by atoms with van der Waals surface area (Å²) >= 11 is 0. The number of benzene rings is 2. The third kappa shape index (κ3) is 2.92. The van der Waals surface area contributed by atoms with Crippen LogP contribution in [-0.2, 0) is 16.1 Å². The summed E-state index contributed by atoms with van der Waals surface area (Å²) in [5.74, 6) is -0.194. The molecule has 24 heavy (non-hydrogen) atoms. The molecule has 0 aromatic heterocycles. The largest absolute Gasteiger partial charge is 0.312 e. The summed E-state index contributed by atoms with van der Waals surface area (Å²) in [6.07, 6.45) is 0.810. The molecule has 2 amide bonds. The lowest BCUT2D eigenvalue weighted by Gasteiger charge is -2.25. The Hall–Kier alpha value is -2.62. The summed E-state index contributed by atoms with van der Waals surface area (Å²) in [5, 5.41) is 0. The van der Waals surface area contributed by atoms with Gasteiger partial charge in [-0.2, -0.15) is 0 Å². The van der Waals surface area contributed by atoms with Crippen molar-refractivity contribution in [2.24, 2.45) is 5.92 Å². The molecule has 4 heteroatoms. The van der Waals surface area contributed by atoms with Crippen molar-refractivity contribution in [1.29, 1.82) is 0 Å². The quantitative estimate of drug-likeness (QED) is 0.812. The van der Waals surface area contributed by atoms with Crippen molar-refractivity contribution >= 4 is 23.7 Å². The van der Waals surface area contributed by atoms with Gasteiger partial charge >= 0.3 is 0 Å². The molecular formula is C20H22N2O2. The molecule has 0 saturated heterocycles. The van der Waals surface area contributed by atoms with Crippen LogP contribution in [0.25, 0.3) is 0 Å². The van der Waals surface area contributed by atoms with Gasteiger partial charge in [-0.3, -0.25) is 9.59 Å². The fraction of sp³-hybridized carbons (Fsp3) is 0.300. The minimum absolute atomic E-state index is 0.0488. The van der Waals surface area contributed by atoms with E-state index >= 15 is 0 Å². The number of para-hydroxylation sites is 2. The fourth-order valence-corrected chi connectivity index (χ4v) is 3.20. The first-order valence-electron chi connectivity index (χ1n) is 8.19. The van der Waals surface area contributed by atoms with Crippen LogP contribution in [0, 0.1) is 19.8 Å². The van der Waals surface area contributed by atoms with Gasteiger partial charge in [-0.1, -0.05) is 42.8 Å². The third-order valence-corrected chi connectivity index (χ3v) is 4.60. The van der Waals surface area contributed by atoms with E-state index in [1.54, 1.807) is 4.90 Å². The molecule has 0 N–H and O–H groups in total. The molecule has 0 radical (unpaired) electrons. The van der Waals surface area contributed by atoms with E-state index in [1.165, 1.54) is 5.56 Å². The molecule has 0 fully saturated rings. The lowest BCUT2D eigenvalue weighted by molar-refractivity contribution is -0.121. The molecule has 1 aliphatic heterocycles.